The highest BCUT2D eigenvalue weighted by Crippen LogP contribution is 2.31. The van der Waals surface area contributed by atoms with E-state index in [1.54, 1.807) is 30.4 Å². The first-order valence-electron chi connectivity index (χ1n) is 9.30. The van der Waals surface area contributed by atoms with Crippen LogP contribution in [0.15, 0.2) is 53.6 Å². The summed E-state index contributed by atoms with van der Waals surface area (Å²) in [4.78, 5) is 0. The first kappa shape index (κ1) is 21.2. The second-order valence-corrected chi connectivity index (χ2v) is 7.19. The molecule has 4 heteroatoms. The van der Waals surface area contributed by atoms with E-state index in [1.165, 1.54) is 23.3 Å². The molecule has 0 unspecified atom stereocenters. The van der Waals surface area contributed by atoms with Crippen molar-refractivity contribution in [2.75, 3.05) is 0 Å². The molecule has 0 aliphatic carbocycles. The molecular formula is C24H28O4. The monoisotopic (exact) mass is 380 g/mol. The van der Waals surface area contributed by atoms with Gasteiger partial charge in [0.2, 0.25) is 0 Å². The molecule has 0 radical (unpaired) electrons. The summed E-state index contributed by atoms with van der Waals surface area (Å²) in [5.74, 6) is -0.000572. The number of benzene rings is 2. The Bertz CT molecular complexity index is 893. The molecule has 0 atom stereocenters. The van der Waals surface area contributed by atoms with Gasteiger partial charge in [0, 0.05) is 17.2 Å². The summed E-state index contributed by atoms with van der Waals surface area (Å²) in [6.07, 6.45) is 9.93. The van der Waals surface area contributed by atoms with E-state index in [2.05, 4.69) is 19.9 Å². The second kappa shape index (κ2) is 9.70. The molecule has 0 amide bonds. The Balaban J connectivity index is 2.11. The minimum absolute atomic E-state index is 0.0153. The lowest BCUT2D eigenvalue weighted by molar-refractivity contribution is 0.440. The van der Waals surface area contributed by atoms with Crippen molar-refractivity contribution < 1.29 is 20.4 Å². The topological polar surface area (TPSA) is 80.9 Å². The normalized spacial score (nSPS) is 11.8. The highest BCUT2D eigenvalue weighted by molar-refractivity contribution is 5.74. The fraction of sp³-hybridized carbons (Fsp3) is 0.250. The van der Waals surface area contributed by atoms with Crippen LogP contribution in [0.3, 0.4) is 0 Å². The summed E-state index contributed by atoms with van der Waals surface area (Å²) in [6, 6.07) is 7.47. The van der Waals surface area contributed by atoms with E-state index in [1.807, 2.05) is 13.0 Å². The minimum Gasteiger partial charge on any atom is -0.508 e. The molecule has 2 aromatic rings. The van der Waals surface area contributed by atoms with Crippen LogP contribution in [0.5, 0.6) is 23.0 Å². The zero-order chi connectivity index (χ0) is 20.7. The van der Waals surface area contributed by atoms with Gasteiger partial charge in [-0.15, -0.1) is 0 Å². The van der Waals surface area contributed by atoms with Crippen molar-refractivity contribution in [3.8, 4) is 23.0 Å². The van der Waals surface area contributed by atoms with E-state index in [0.717, 1.165) is 12.8 Å². The van der Waals surface area contributed by atoms with Crippen molar-refractivity contribution in [2.45, 2.75) is 40.0 Å². The smallest absolute Gasteiger partial charge is 0.126 e. The van der Waals surface area contributed by atoms with Gasteiger partial charge in [-0.1, -0.05) is 35.5 Å². The number of hydrogen-bond acceptors (Lipinski definition) is 4. The fourth-order valence-corrected chi connectivity index (χ4v) is 2.79. The van der Waals surface area contributed by atoms with Crippen LogP contribution in [-0.2, 0) is 6.42 Å². The van der Waals surface area contributed by atoms with Crippen LogP contribution >= 0.6 is 0 Å². The molecule has 0 aliphatic heterocycles. The van der Waals surface area contributed by atoms with Crippen LogP contribution in [0.25, 0.3) is 12.2 Å². The third kappa shape index (κ3) is 6.23. The van der Waals surface area contributed by atoms with E-state index >= 15 is 0 Å². The summed E-state index contributed by atoms with van der Waals surface area (Å²) < 4.78 is 0. The number of hydrogen-bond donors (Lipinski definition) is 4. The minimum atomic E-state index is -0.0463. The number of phenolic OH excluding ortho intramolecular Hbond substituents is 4. The molecule has 148 valence electrons. The van der Waals surface area contributed by atoms with Crippen LogP contribution < -0.4 is 0 Å². The lowest BCUT2D eigenvalue weighted by Crippen LogP contribution is -1.88. The van der Waals surface area contributed by atoms with Gasteiger partial charge >= 0.3 is 0 Å². The lowest BCUT2D eigenvalue weighted by Gasteiger charge is -2.08. The molecular weight excluding hydrogens is 352 g/mol. The predicted octanol–water partition coefficient (Wildman–Crippen LogP) is 5.91. The van der Waals surface area contributed by atoms with Gasteiger partial charge in [0.25, 0.3) is 0 Å². The van der Waals surface area contributed by atoms with Crippen molar-refractivity contribution in [2.24, 2.45) is 0 Å². The van der Waals surface area contributed by atoms with Crippen LogP contribution in [-0.4, -0.2) is 20.4 Å². The molecule has 0 aromatic heterocycles. The molecule has 2 aromatic carbocycles. The highest BCUT2D eigenvalue weighted by atomic mass is 16.3. The van der Waals surface area contributed by atoms with Crippen LogP contribution in [0.2, 0.25) is 0 Å². The van der Waals surface area contributed by atoms with Crippen molar-refractivity contribution in [1.29, 1.82) is 0 Å². The quantitative estimate of drug-likeness (QED) is 0.355. The zero-order valence-corrected chi connectivity index (χ0v) is 16.6. The third-order valence-electron chi connectivity index (χ3n) is 4.44. The molecule has 28 heavy (non-hydrogen) atoms. The van der Waals surface area contributed by atoms with E-state index in [4.69, 9.17) is 0 Å². The Labute approximate surface area is 166 Å². The summed E-state index contributed by atoms with van der Waals surface area (Å²) in [5.41, 5.74) is 4.13. The second-order valence-electron chi connectivity index (χ2n) is 7.19. The first-order chi connectivity index (χ1) is 13.3. The van der Waals surface area contributed by atoms with Gasteiger partial charge in [0.15, 0.2) is 0 Å². The van der Waals surface area contributed by atoms with Gasteiger partial charge in [0.1, 0.15) is 23.0 Å². The van der Waals surface area contributed by atoms with Crippen molar-refractivity contribution in [3.05, 3.63) is 70.3 Å². The Morgan fingerprint density at radius 2 is 1.50 bits per heavy atom. The molecule has 0 saturated heterocycles. The van der Waals surface area contributed by atoms with Crippen LogP contribution in [0.4, 0.5) is 0 Å². The number of aromatic hydroxyl groups is 4. The van der Waals surface area contributed by atoms with E-state index in [-0.39, 0.29) is 23.0 Å². The largest absolute Gasteiger partial charge is 0.508 e. The van der Waals surface area contributed by atoms with Gasteiger partial charge in [-0.25, -0.2) is 0 Å². The van der Waals surface area contributed by atoms with E-state index in [0.29, 0.717) is 23.1 Å². The average Bonchev–Trinajstić information content (AvgIpc) is 2.60. The zero-order valence-electron chi connectivity index (χ0n) is 16.6. The number of phenols is 4. The molecule has 0 bridgehead atoms. The van der Waals surface area contributed by atoms with Crippen molar-refractivity contribution in [1.82, 2.24) is 0 Å². The van der Waals surface area contributed by atoms with Crippen molar-refractivity contribution in [3.63, 3.8) is 0 Å². The molecule has 4 nitrogen and oxygen atoms in total. The lowest BCUT2D eigenvalue weighted by atomic mass is 10.0. The molecule has 2 rings (SSSR count). The summed E-state index contributed by atoms with van der Waals surface area (Å²) in [7, 11) is 0. The SMILES string of the molecule is CC(C)=CCC/C(C)=C/Cc1c(O)cc(/C=C/c2ccc(O)cc2O)cc1O. The van der Waals surface area contributed by atoms with Crippen LogP contribution in [0, 0.1) is 0 Å². The van der Waals surface area contributed by atoms with Gasteiger partial charge in [-0.2, -0.15) is 0 Å². The molecule has 0 aliphatic rings. The van der Waals surface area contributed by atoms with E-state index in [9.17, 15) is 20.4 Å². The maximum atomic E-state index is 10.3. The first-order valence-corrected chi connectivity index (χ1v) is 9.30. The Morgan fingerprint density at radius 1 is 0.821 bits per heavy atom. The molecule has 0 fully saturated rings. The number of rotatable bonds is 7. The average molecular weight is 380 g/mol. The van der Waals surface area contributed by atoms with Gasteiger partial charge in [-0.05, 0) is 69.9 Å². The summed E-state index contributed by atoms with van der Waals surface area (Å²) >= 11 is 0. The Hall–Kier alpha value is -3.14. The Kier molecular flexibility index (Phi) is 7.33. The van der Waals surface area contributed by atoms with Crippen molar-refractivity contribution >= 4 is 12.2 Å². The summed E-state index contributed by atoms with van der Waals surface area (Å²) in [6.45, 7) is 6.20. The van der Waals surface area contributed by atoms with Gasteiger partial charge < -0.3 is 20.4 Å². The Morgan fingerprint density at radius 3 is 2.11 bits per heavy atom. The predicted molar refractivity (Wildman–Crippen MR) is 115 cm³/mol. The summed E-state index contributed by atoms with van der Waals surface area (Å²) in [5, 5.41) is 39.8. The standard InChI is InChI=1S/C24H28O4/c1-16(2)5-4-6-17(3)7-12-21-23(27)13-18(14-24(21)28)8-9-19-10-11-20(25)15-22(19)26/h5,7-11,13-15,25-28H,4,6,12H2,1-3H3/b9-8+,17-7+. The van der Waals surface area contributed by atoms with E-state index < -0.39 is 0 Å². The van der Waals surface area contributed by atoms with Gasteiger partial charge in [-0.3, -0.25) is 0 Å². The highest BCUT2D eigenvalue weighted by Gasteiger charge is 2.08. The fourth-order valence-electron chi connectivity index (χ4n) is 2.79. The molecule has 4 N–H and O–H groups in total. The maximum absolute atomic E-state index is 10.3. The molecule has 0 heterocycles. The van der Waals surface area contributed by atoms with Gasteiger partial charge in [0.05, 0.1) is 0 Å². The maximum Gasteiger partial charge on any atom is 0.126 e. The third-order valence-corrected chi connectivity index (χ3v) is 4.44. The van der Waals surface area contributed by atoms with Crippen LogP contribution in [0.1, 0.15) is 50.3 Å². The molecule has 0 saturated carbocycles. The number of allylic oxidation sites excluding steroid dienone is 4. The molecule has 0 spiro atoms.